The molecule has 0 saturated heterocycles. The fourth-order valence-electron chi connectivity index (χ4n) is 4.34. The Morgan fingerprint density at radius 1 is 0.706 bits per heavy atom. The SMILES string of the molecule is CCCCCCCCCCCCCCCCOP(=O)([O-])OCCC[N+](C)(C)Cc1ccccc1. The van der Waals surface area contributed by atoms with Crippen LogP contribution in [0.25, 0.3) is 0 Å². The van der Waals surface area contributed by atoms with Gasteiger partial charge in [0, 0.05) is 12.0 Å². The first-order valence-corrected chi connectivity index (χ1v) is 15.3. The highest BCUT2D eigenvalue weighted by Crippen LogP contribution is 2.38. The highest BCUT2D eigenvalue weighted by molar-refractivity contribution is 7.45. The lowest BCUT2D eigenvalue weighted by Crippen LogP contribution is -2.40. The number of benzene rings is 1. The van der Waals surface area contributed by atoms with Crippen molar-refractivity contribution in [2.24, 2.45) is 0 Å². The van der Waals surface area contributed by atoms with E-state index in [-0.39, 0.29) is 13.2 Å². The van der Waals surface area contributed by atoms with Crippen LogP contribution in [0.5, 0.6) is 0 Å². The van der Waals surface area contributed by atoms with Gasteiger partial charge in [0.15, 0.2) is 0 Å². The molecule has 0 amide bonds. The number of phosphoric acid groups is 1. The van der Waals surface area contributed by atoms with Crippen LogP contribution >= 0.6 is 7.82 Å². The van der Waals surface area contributed by atoms with Gasteiger partial charge in [-0.1, -0.05) is 121 Å². The Balaban J connectivity index is 1.93. The lowest BCUT2D eigenvalue weighted by Gasteiger charge is -2.30. The number of phosphoric ester groups is 1. The number of hydrogen-bond donors (Lipinski definition) is 0. The first-order chi connectivity index (χ1) is 16.3. The zero-order valence-corrected chi connectivity index (χ0v) is 23.2. The Hall–Kier alpha value is -0.710. The molecule has 1 aromatic rings. The van der Waals surface area contributed by atoms with E-state index in [1.807, 2.05) is 18.2 Å². The zero-order valence-electron chi connectivity index (χ0n) is 22.3. The minimum absolute atomic E-state index is 0.177. The van der Waals surface area contributed by atoms with Gasteiger partial charge in [-0.2, -0.15) is 0 Å². The molecule has 0 aliphatic heterocycles. The largest absolute Gasteiger partial charge is 0.756 e. The molecule has 0 aliphatic carbocycles. The predicted octanol–water partition coefficient (Wildman–Crippen LogP) is 7.64. The maximum absolute atomic E-state index is 12.0. The van der Waals surface area contributed by atoms with Gasteiger partial charge in [-0.25, -0.2) is 0 Å². The summed E-state index contributed by atoms with van der Waals surface area (Å²) >= 11 is 0. The minimum Gasteiger partial charge on any atom is -0.756 e. The third-order valence-electron chi connectivity index (χ3n) is 6.36. The van der Waals surface area contributed by atoms with Gasteiger partial charge in [0.2, 0.25) is 0 Å². The summed E-state index contributed by atoms with van der Waals surface area (Å²) in [4.78, 5) is 12.0. The van der Waals surface area contributed by atoms with E-state index < -0.39 is 7.82 Å². The third kappa shape index (κ3) is 18.6. The van der Waals surface area contributed by atoms with Crippen LogP contribution in [-0.4, -0.2) is 38.3 Å². The Labute approximate surface area is 210 Å². The van der Waals surface area contributed by atoms with Crippen LogP contribution in [0.2, 0.25) is 0 Å². The second kappa shape index (κ2) is 19.5. The van der Waals surface area contributed by atoms with Gasteiger partial charge in [0.1, 0.15) is 6.54 Å². The smallest absolute Gasteiger partial charge is 0.267 e. The molecule has 0 aliphatic rings. The molecule has 5 nitrogen and oxygen atoms in total. The van der Waals surface area contributed by atoms with E-state index in [1.165, 1.54) is 76.2 Å². The van der Waals surface area contributed by atoms with Crippen LogP contribution in [0.4, 0.5) is 0 Å². The van der Waals surface area contributed by atoms with Gasteiger partial charge < -0.3 is 18.4 Å². The van der Waals surface area contributed by atoms with Gasteiger partial charge in [0.05, 0.1) is 33.9 Å². The molecule has 0 fully saturated rings. The first-order valence-electron chi connectivity index (χ1n) is 13.8. The fourth-order valence-corrected chi connectivity index (χ4v) is 5.12. The van der Waals surface area contributed by atoms with Crippen molar-refractivity contribution in [1.29, 1.82) is 0 Å². The normalized spacial score (nSPS) is 13.8. The fraction of sp³-hybridized carbons (Fsp3) is 0.786. The average molecular weight is 498 g/mol. The molecule has 6 heteroatoms. The number of hydrogen-bond acceptors (Lipinski definition) is 4. The Kier molecular flexibility index (Phi) is 17.9. The van der Waals surface area contributed by atoms with E-state index in [1.54, 1.807) is 0 Å². The molecule has 0 spiro atoms. The van der Waals surface area contributed by atoms with Gasteiger partial charge in [-0.05, 0) is 6.42 Å². The summed E-state index contributed by atoms with van der Waals surface area (Å²) in [7, 11) is 0.113. The summed E-state index contributed by atoms with van der Waals surface area (Å²) in [5.74, 6) is 0. The highest BCUT2D eigenvalue weighted by atomic mass is 31.2. The summed E-state index contributed by atoms with van der Waals surface area (Å²) in [6.45, 7) is 4.42. The Morgan fingerprint density at radius 3 is 1.65 bits per heavy atom. The van der Waals surface area contributed by atoms with Crippen LogP contribution in [0, 0.1) is 0 Å². The molecule has 0 radical (unpaired) electrons. The molecule has 1 rings (SSSR count). The van der Waals surface area contributed by atoms with Gasteiger partial charge in [0.25, 0.3) is 7.82 Å². The van der Waals surface area contributed by atoms with Crippen molar-refractivity contribution in [3.8, 4) is 0 Å². The quantitative estimate of drug-likeness (QED) is 0.0885. The molecule has 1 unspecified atom stereocenters. The average Bonchev–Trinajstić information content (AvgIpc) is 2.80. The topological polar surface area (TPSA) is 58.6 Å². The van der Waals surface area contributed by atoms with Crippen molar-refractivity contribution < 1.29 is 23.0 Å². The Bertz CT molecular complexity index is 639. The molecular weight excluding hydrogens is 445 g/mol. The van der Waals surface area contributed by atoms with E-state index in [0.717, 1.165) is 36.8 Å². The van der Waals surface area contributed by atoms with E-state index in [4.69, 9.17) is 9.05 Å². The molecule has 0 N–H and O–H groups in total. The molecule has 0 heterocycles. The van der Waals surface area contributed by atoms with Crippen LogP contribution in [-0.2, 0) is 20.2 Å². The number of nitrogens with zero attached hydrogens (tertiary/aromatic N) is 1. The van der Waals surface area contributed by atoms with Crippen LogP contribution in [0.1, 0.15) is 109 Å². The summed E-state index contributed by atoms with van der Waals surface area (Å²) in [6, 6.07) is 10.3. The van der Waals surface area contributed by atoms with E-state index in [0.29, 0.717) is 6.42 Å². The maximum Gasteiger partial charge on any atom is 0.267 e. The van der Waals surface area contributed by atoms with E-state index >= 15 is 0 Å². The second-order valence-corrected chi connectivity index (χ2v) is 11.8. The monoisotopic (exact) mass is 497 g/mol. The van der Waals surface area contributed by atoms with Crippen molar-refractivity contribution in [3.63, 3.8) is 0 Å². The minimum atomic E-state index is -4.18. The molecule has 0 saturated carbocycles. The summed E-state index contributed by atoms with van der Waals surface area (Å²) in [5, 5.41) is 0. The lowest BCUT2D eigenvalue weighted by molar-refractivity contribution is -0.903. The van der Waals surface area contributed by atoms with Gasteiger partial charge >= 0.3 is 0 Å². The molecule has 34 heavy (non-hydrogen) atoms. The molecule has 1 aromatic carbocycles. The standard InChI is InChI=1S/C28H52NO4P/c1-4-5-6-7-8-9-10-11-12-13-14-15-16-20-25-32-34(30,31)33-26-21-24-29(2,3)27-28-22-18-17-19-23-28/h17-19,22-23H,4-16,20-21,24-27H2,1-3H3. The number of unbranched alkanes of at least 4 members (excludes halogenated alkanes) is 13. The maximum atomic E-state index is 12.0. The summed E-state index contributed by atoms with van der Waals surface area (Å²) < 4.78 is 22.8. The second-order valence-electron chi connectivity index (χ2n) is 10.4. The van der Waals surface area contributed by atoms with Crippen LogP contribution in [0.15, 0.2) is 30.3 Å². The third-order valence-corrected chi connectivity index (χ3v) is 7.36. The van der Waals surface area contributed by atoms with Gasteiger partial charge in [-0.15, -0.1) is 0 Å². The van der Waals surface area contributed by atoms with E-state index in [9.17, 15) is 9.46 Å². The lowest BCUT2D eigenvalue weighted by atomic mass is 10.0. The zero-order chi connectivity index (χ0) is 25.0. The van der Waals surface area contributed by atoms with Crippen molar-refractivity contribution in [2.45, 2.75) is 110 Å². The van der Waals surface area contributed by atoms with Crippen LogP contribution < -0.4 is 4.89 Å². The number of quaternary nitrogens is 1. The van der Waals surface area contributed by atoms with Crippen molar-refractivity contribution in [1.82, 2.24) is 0 Å². The first kappa shape index (κ1) is 31.3. The summed E-state index contributed by atoms with van der Waals surface area (Å²) in [6.07, 6.45) is 18.5. The Morgan fingerprint density at radius 2 is 1.15 bits per heavy atom. The van der Waals surface area contributed by atoms with Crippen molar-refractivity contribution in [2.75, 3.05) is 33.9 Å². The molecule has 1 atom stereocenters. The molecule has 198 valence electrons. The number of rotatable bonds is 23. The van der Waals surface area contributed by atoms with Crippen LogP contribution in [0.3, 0.4) is 0 Å². The van der Waals surface area contributed by atoms with Gasteiger partial charge in [-0.3, -0.25) is 4.57 Å². The highest BCUT2D eigenvalue weighted by Gasteiger charge is 2.16. The molecular formula is C28H52NO4P. The summed E-state index contributed by atoms with van der Waals surface area (Å²) in [5.41, 5.74) is 1.28. The van der Waals surface area contributed by atoms with Crippen molar-refractivity contribution in [3.05, 3.63) is 35.9 Å². The molecule has 0 aromatic heterocycles. The predicted molar refractivity (Wildman–Crippen MR) is 142 cm³/mol. The molecule has 0 bridgehead atoms. The van der Waals surface area contributed by atoms with E-state index in [2.05, 4.69) is 33.2 Å². The van der Waals surface area contributed by atoms with Crippen molar-refractivity contribution >= 4 is 7.82 Å².